The van der Waals surface area contributed by atoms with E-state index < -0.39 is 0 Å². The predicted molar refractivity (Wildman–Crippen MR) is 147 cm³/mol. The molecule has 0 rings (SSSR count). The molecule has 0 aromatic heterocycles. The van der Waals surface area contributed by atoms with Crippen LogP contribution in [-0.4, -0.2) is 11.7 Å². The Balaban J connectivity index is 3.02. The average Bonchev–Trinajstić information content (AvgIpc) is 2.81. The van der Waals surface area contributed by atoms with Crippen molar-refractivity contribution in [3.63, 3.8) is 0 Å². The van der Waals surface area contributed by atoms with Gasteiger partial charge in [-0.15, -0.1) is 0 Å². The summed E-state index contributed by atoms with van der Waals surface area (Å²) in [5.41, 5.74) is 0. The number of hydrogen-bond donors (Lipinski definition) is 1. The number of aliphatic hydroxyl groups is 1. The van der Waals surface area contributed by atoms with Crippen LogP contribution in [0.4, 0.5) is 0 Å². The van der Waals surface area contributed by atoms with Crippen LogP contribution in [0.2, 0.25) is 0 Å². The van der Waals surface area contributed by atoms with E-state index in [0.717, 1.165) is 6.42 Å². The maximum atomic E-state index is 8.76. The molecule has 0 aliphatic carbocycles. The molecule has 0 bridgehead atoms. The van der Waals surface area contributed by atoms with Crippen LogP contribution in [0.15, 0.2) is 12.2 Å². The van der Waals surface area contributed by atoms with Crippen molar-refractivity contribution in [1.29, 1.82) is 0 Å². The van der Waals surface area contributed by atoms with E-state index >= 15 is 0 Å². The quantitative estimate of drug-likeness (QED) is 0.0927. The van der Waals surface area contributed by atoms with Crippen molar-refractivity contribution in [3.05, 3.63) is 12.2 Å². The van der Waals surface area contributed by atoms with Crippen LogP contribution < -0.4 is 0 Å². The first kappa shape index (κ1) is 31.7. The summed E-state index contributed by atoms with van der Waals surface area (Å²) in [5, 5.41) is 8.76. The molecule has 0 radical (unpaired) electrons. The number of unbranched alkanes of at least 4 members (excludes halogenated alkanes) is 25. The predicted octanol–water partition coefficient (Wildman–Crippen LogP) is 11.1. The second kappa shape index (κ2) is 30.7. The Morgan fingerprint density at radius 2 is 0.594 bits per heavy atom. The van der Waals surface area contributed by atoms with Crippen molar-refractivity contribution in [3.8, 4) is 0 Å². The van der Waals surface area contributed by atoms with Gasteiger partial charge in [-0.2, -0.15) is 0 Å². The molecule has 0 aliphatic rings. The lowest BCUT2D eigenvalue weighted by atomic mass is 10.0. The van der Waals surface area contributed by atoms with Crippen molar-refractivity contribution in [2.45, 2.75) is 180 Å². The summed E-state index contributed by atoms with van der Waals surface area (Å²) < 4.78 is 0. The summed E-state index contributed by atoms with van der Waals surface area (Å²) in [6.07, 6.45) is 42.6. The third kappa shape index (κ3) is 29.7. The van der Waals surface area contributed by atoms with Gasteiger partial charge >= 0.3 is 0 Å². The van der Waals surface area contributed by atoms with Crippen LogP contribution in [0.25, 0.3) is 0 Å². The fourth-order valence-electron chi connectivity index (χ4n) is 4.64. The summed E-state index contributed by atoms with van der Waals surface area (Å²) in [5.74, 6) is 0. The first-order chi connectivity index (χ1) is 15.9. The first-order valence-corrected chi connectivity index (χ1v) is 15.2. The van der Waals surface area contributed by atoms with Crippen LogP contribution in [0.1, 0.15) is 180 Å². The zero-order valence-electron chi connectivity index (χ0n) is 22.4. The van der Waals surface area contributed by atoms with Gasteiger partial charge in [0.05, 0.1) is 0 Å². The lowest BCUT2D eigenvalue weighted by Gasteiger charge is -2.04. The molecular formula is C31H62O. The molecule has 1 N–H and O–H groups in total. The minimum absolute atomic E-state index is 0.373. The van der Waals surface area contributed by atoms with E-state index in [1.807, 2.05) is 0 Å². The van der Waals surface area contributed by atoms with E-state index in [9.17, 15) is 0 Å². The molecule has 0 spiro atoms. The van der Waals surface area contributed by atoms with Crippen LogP contribution in [0, 0.1) is 0 Å². The second-order valence-electron chi connectivity index (χ2n) is 10.3. The monoisotopic (exact) mass is 450 g/mol. The lowest BCUT2D eigenvalue weighted by molar-refractivity contribution is 0.282. The molecule has 0 aliphatic heterocycles. The van der Waals surface area contributed by atoms with Gasteiger partial charge in [0.1, 0.15) is 0 Å². The molecule has 0 saturated heterocycles. The number of allylic oxidation sites excluding steroid dienone is 2. The van der Waals surface area contributed by atoms with Crippen LogP contribution in [0.5, 0.6) is 0 Å². The standard InChI is InChI=1S/C31H62O/c1-2-3-4-5-6-7-8-9-10-11-12-13-14-15-16-17-18-19-20-21-22-23-24-25-26-27-28-29-30-31-32/h5-6,32H,2-4,7-31H2,1H3. The van der Waals surface area contributed by atoms with Crippen molar-refractivity contribution < 1.29 is 5.11 Å². The Hall–Kier alpha value is -0.300. The van der Waals surface area contributed by atoms with E-state index in [4.69, 9.17) is 5.11 Å². The summed E-state index contributed by atoms with van der Waals surface area (Å²) in [7, 11) is 0. The molecular weight excluding hydrogens is 388 g/mol. The second-order valence-corrected chi connectivity index (χ2v) is 10.3. The van der Waals surface area contributed by atoms with Gasteiger partial charge in [-0.3, -0.25) is 0 Å². The van der Waals surface area contributed by atoms with Gasteiger partial charge in [0, 0.05) is 6.61 Å². The number of aliphatic hydroxyl groups excluding tert-OH is 1. The number of rotatable bonds is 28. The molecule has 0 heterocycles. The molecule has 1 heteroatoms. The molecule has 0 atom stereocenters. The van der Waals surface area contributed by atoms with Crippen molar-refractivity contribution in [2.75, 3.05) is 6.61 Å². The fraction of sp³-hybridized carbons (Fsp3) is 0.935. The molecule has 0 unspecified atom stereocenters. The minimum atomic E-state index is 0.373. The summed E-state index contributed by atoms with van der Waals surface area (Å²) in [6.45, 7) is 2.64. The van der Waals surface area contributed by atoms with Gasteiger partial charge in [-0.25, -0.2) is 0 Å². The lowest BCUT2D eigenvalue weighted by Crippen LogP contribution is -1.85. The van der Waals surface area contributed by atoms with Gasteiger partial charge < -0.3 is 5.11 Å². The third-order valence-electron chi connectivity index (χ3n) is 6.92. The maximum absolute atomic E-state index is 8.76. The topological polar surface area (TPSA) is 20.2 Å². The largest absolute Gasteiger partial charge is 0.396 e. The van der Waals surface area contributed by atoms with Gasteiger partial charge in [-0.05, 0) is 25.7 Å². The Morgan fingerprint density at radius 1 is 0.344 bits per heavy atom. The molecule has 0 fully saturated rings. The SMILES string of the molecule is CCCCC=CCCCCCCCCCCCCCCCCCCCCCCCCCO. The minimum Gasteiger partial charge on any atom is -0.396 e. The van der Waals surface area contributed by atoms with Crippen LogP contribution in [0.3, 0.4) is 0 Å². The molecule has 0 amide bonds. The number of hydrogen-bond acceptors (Lipinski definition) is 1. The molecule has 0 saturated carbocycles. The zero-order chi connectivity index (χ0) is 23.2. The fourth-order valence-corrected chi connectivity index (χ4v) is 4.64. The van der Waals surface area contributed by atoms with Gasteiger partial charge in [0.25, 0.3) is 0 Å². The van der Waals surface area contributed by atoms with Crippen molar-refractivity contribution >= 4 is 0 Å². The van der Waals surface area contributed by atoms with Gasteiger partial charge in [-0.1, -0.05) is 167 Å². The van der Waals surface area contributed by atoms with Crippen molar-refractivity contribution in [2.24, 2.45) is 0 Å². The summed E-state index contributed by atoms with van der Waals surface area (Å²) >= 11 is 0. The first-order valence-electron chi connectivity index (χ1n) is 15.2. The van der Waals surface area contributed by atoms with Gasteiger partial charge in [0.15, 0.2) is 0 Å². The van der Waals surface area contributed by atoms with E-state index in [1.54, 1.807) is 0 Å². The average molecular weight is 451 g/mol. The molecule has 32 heavy (non-hydrogen) atoms. The normalized spacial score (nSPS) is 11.7. The highest BCUT2D eigenvalue weighted by Crippen LogP contribution is 2.15. The zero-order valence-corrected chi connectivity index (χ0v) is 22.4. The molecule has 0 aromatic carbocycles. The highest BCUT2D eigenvalue weighted by Gasteiger charge is 1.96. The molecule has 0 aromatic rings. The van der Waals surface area contributed by atoms with E-state index in [1.165, 1.54) is 167 Å². The Morgan fingerprint density at radius 3 is 0.875 bits per heavy atom. The Bertz CT molecular complexity index is 335. The summed E-state index contributed by atoms with van der Waals surface area (Å²) in [4.78, 5) is 0. The van der Waals surface area contributed by atoms with E-state index in [2.05, 4.69) is 19.1 Å². The van der Waals surface area contributed by atoms with Gasteiger partial charge in [0.2, 0.25) is 0 Å². The third-order valence-corrected chi connectivity index (χ3v) is 6.92. The van der Waals surface area contributed by atoms with Crippen molar-refractivity contribution in [1.82, 2.24) is 0 Å². The highest BCUT2D eigenvalue weighted by atomic mass is 16.2. The summed E-state index contributed by atoms with van der Waals surface area (Å²) in [6, 6.07) is 0. The molecule has 192 valence electrons. The smallest absolute Gasteiger partial charge is 0.0431 e. The van der Waals surface area contributed by atoms with E-state index in [-0.39, 0.29) is 0 Å². The Kier molecular flexibility index (Phi) is 30.4. The van der Waals surface area contributed by atoms with E-state index in [0.29, 0.717) is 6.61 Å². The Labute approximate surface area is 204 Å². The van der Waals surface area contributed by atoms with Crippen LogP contribution >= 0.6 is 0 Å². The highest BCUT2D eigenvalue weighted by molar-refractivity contribution is 4.81. The molecule has 1 nitrogen and oxygen atoms in total. The maximum Gasteiger partial charge on any atom is 0.0431 e. The van der Waals surface area contributed by atoms with Crippen LogP contribution in [-0.2, 0) is 0 Å².